The minimum absolute atomic E-state index is 0.244. The Balaban J connectivity index is 2.19. The Morgan fingerprint density at radius 1 is 1.40 bits per heavy atom. The van der Waals surface area contributed by atoms with Gasteiger partial charge in [-0.3, -0.25) is 9.48 Å². The van der Waals surface area contributed by atoms with Crippen LogP contribution in [0, 0.1) is 13.8 Å². The third-order valence-electron chi connectivity index (χ3n) is 4.37. The van der Waals surface area contributed by atoms with Crippen LogP contribution in [0.2, 0.25) is 0 Å². The number of carbonyl (C=O) groups is 2. The summed E-state index contributed by atoms with van der Waals surface area (Å²) in [5.74, 6) is -1.59. The predicted molar refractivity (Wildman–Crippen MR) is 73.5 cm³/mol. The van der Waals surface area contributed by atoms with E-state index >= 15 is 0 Å². The van der Waals surface area contributed by atoms with E-state index in [1.165, 1.54) is 0 Å². The first-order chi connectivity index (χ1) is 9.28. The van der Waals surface area contributed by atoms with Gasteiger partial charge in [0.2, 0.25) is 5.91 Å². The minimum Gasteiger partial charge on any atom is -0.480 e. The van der Waals surface area contributed by atoms with Gasteiger partial charge >= 0.3 is 5.97 Å². The highest BCUT2D eigenvalue weighted by Crippen LogP contribution is 2.33. The molecule has 1 amide bonds. The highest BCUT2D eigenvalue weighted by Gasteiger charge is 2.46. The molecule has 0 aliphatic heterocycles. The molecule has 1 aromatic heterocycles. The van der Waals surface area contributed by atoms with Gasteiger partial charge in [-0.1, -0.05) is 0 Å². The number of amides is 1. The van der Waals surface area contributed by atoms with E-state index in [4.69, 9.17) is 0 Å². The number of nitrogens with one attached hydrogen (secondary N) is 1. The van der Waals surface area contributed by atoms with Crippen LogP contribution >= 0.6 is 0 Å². The van der Waals surface area contributed by atoms with Gasteiger partial charge in [0.1, 0.15) is 5.54 Å². The van der Waals surface area contributed by atoms with Crippen LogP contribution in [0.3, 0.4) is 0 Å². The van der Waals surface area contributed by atoms with Crippen LogP contribution < -0.4 is 5.32 Å². The maximum Gasteiger partial charge on any atom is 0.329 e. The number of rotatable bonds is 4. The number of carbonyl (C=O) groups excluding carboxylic acids is 1. The fraction of sp³-hybridized carbons (Fsp3) is 0.643. The Morgan fingerprint density at radius 3 is 2.35 bits per heavy atom. The van der Waals surface area contributed by atoms with Crippen LogP contribution in [0.15, 0.2) is 0 Å². The summed E-state index contributed by atoms with van der Waals surface area (Å²) in [5, 5.41) is 16.3. The van der Waals surface area contributed by atoms with E-state index in [9.17, 15) is 14.7 Å². The summed E-state index contributed by atoms with van der Waals surface area (Å²) in [6, 6.07) is 0. The molecule has 0 bridgehead atoms. The average Bonchev–Trinajstić information content (AvgIpc) is 2.56. The highest BCUT2D eigenvalue weighted by molar-refractivity contribution is 5.91. The summed E-state index contributed by atoms with van der Waals surface area (Å²) in [6.45, 7) is 5.57. The van der Waals surface area contributed by atoms with Crippen LogP contribution in [0.5, 0.6) is 0 Å². The van der Waals surface area contributed by atoms with Crippen molar-refractivity contribution in [2.24, 2.45) is 7.05 Å². The van der Waals surface area contributed by atoms with Crippen LogP contribution in [-0.2, 0) is 16.6 Å². The number of carboxylic acids is 1. The molecule has 0 saturated heterocycles. The first kappa shape index (κ1) is 14.6. The van der Waals surface area contributed by atoms with Gasteiger partial charge in [-0.25, -0.2) is 4.79 Å². The molecule has 1 aliphatic rings. The largest absolute Gasteiger partial charge is 0.480 e. The molecule has 6 heteroatoms. The van der Waals surface area contributed by atoms with E-state index in [0.717, 1.165) is 23.4 Å². The lowest BCUT2D eigenvalue weighted by Crippen LogP contribution is -2.59. The molecule has 1 unspecified atom stereocenters. The number of aryl methyl sites for hydroxylation is 2. The Morgan fingerprint density at radius 2 is 2.00 bits per heavy atom. The van der Waals surface area contributed by atoms with E-state index in [1.54, 1.807) is 11.6 Å². The summed E-state index contributed by atoms with van der Waals surface area (Å²) >= 11 is 0. The van der Waals surface area contributed by atoms with Crippen molar-refractivity contribution < 1.29 is 14.7 Å². The molecular weight excluding hydrogens is 258 g/mol. The van der Waals surface area contributed by atoms with Crippen LogP contribution in [0.4, 0.5) is 0 Å². The average molecular weight is 279 g/mol. The zero-order valence-corrected chi connectivity index (χ0v) is 12.4. The Bertz CT molecular complexity index is 558. The highest BCUT2D eigenvalue weighted by atomic mass is 16.4. The number of carboxylic acid groups (broad SMARTS) is 1. The number of hydrogen-bond donors (Lipinski definition) is 2. The summed E-state index contributed by atoms with van der Waals surface area (Å²) in [6.07, 6.45) is 1.85. The summed E-state index contributed by atoms with van der Waals surface area (Å²) in [5.41, 5.74) is 1.56. The van der Waals surface area contributed by atoms with Crippen molar-refractivity contribution in [1.29, 1.82) is 0 Å². The van der Waals surface area contributed by atoms with Gasteiger partial charge in [0.05, 0.1) is 11.6 Å². The monoisotopic (exact) mass is 279 g/mol. The molecule has 1 saturated carbocycles. The number of aromatic nitrogens is 2. The quantitative estimate of drug-likeness (QED) is 0.869. The third kappa shape index (κ3) is 2.19. The summed E-state index contributed by atoms with van der Waals surface area (Å²) in [7, 11) is 1.83. The fourth-order valence-electron chi connectivity index (χ4n) is 2.81. The molecule has 0 radical (unpaired) electrons. The van der Waals surface area contributed by atoms with E-state index in [2.05, 4.69) is 10.4 Å². The molecule has 1 heterocycles. The standard InChI is InChI=1S/C14H21N3O3/c1-8(11-9(2)16-17(4)10(11)3)12(18)15-14(13(19)20)6-5-7-14/h8H,5-7H2,1-4H3,(H,15,18)(H,19,20). The molecule has 0 spiro atoms. The fourth-order valence-corrected chi connectivity index (χ4v) is 2.81. The molecule has 2 rings (SSSR count). The maximum absolute atomic E-state index is 12.4. The number of nitrogens with zero attached hydrogens (tertiary/aromatic N) is 2. The van der Waals surface area contributed by atoms with Gasteiger partial charge < -0.3 is 10.4 Å². The van der Waals surface area contributed by atoms with Crippen molar-refractivity contribution in [3.63, 3.8) is 0 Å². The third-order valence-corrected chi connectivity index (χ3v) is 4.37. The molecule has 0 aromatic carbocycles. The lowest BCUT2D eigenvalue weighted by atomic mass is 9.76. The first-order valence-corrected chi connectivity index (χ1v) is 6.84. The smallest absolute Gasteiger partial charge is 0.329 e. The topological polar surface area (TPSA) is 84.2 Å². The second-order valence-electron chi connectivity index (χ2n) is 5.66. The SMILES string of the molecule is Cc1nn(C)c(C)c1C(C)C(=O)NC1(C(=O)O)CCC1. The Labute approximate surface area is 118 Å². The van der Waals surface area contributed by atoms with E-state index in [-0.39, 0.29) is 5.91 Å². The summed E-state index contributed by atoms with van der Waals surface area (Å²) in [4.78, 5) is 23.7. The molecule has 110 valence electrons. The molecule has 20 heavy (non-hydrogen) atoms. The van der Waals surface area contributed by atoms with Crippen molar-refractivity contribution >= 4 is 11.9 Å². The van der Waals surface area contributed by atoms with Crippen molar-refractivity contribution in [2.75, 3.05) is 0 Å². The molecule has 2 N–H and O–H groups in total. The lowest BCUT2D eigenvalue weighted by Gasteiger charge is -2.39. The van der Waals surface area contributed by atoms with Crippen molar-refractivity contribution in [3.05, 3.63) is 17.0 Å². The van der Waals surface area contributed by atoms with Gasteiger partial charge in [-0.2, -0.15) is 5.10 Å². The molecule has 6 nitrogen and oxygen atoms in total. The Hall–Kier alpha value is -1.85. The lowest BCUT2D eigenvalue weighted by molar-refractivity contribution is -0.152. The zero-order chi connectivity index (χ0) is 15.1. The van der Waals surface area contributed by atoms with Gasteiger partial charge in [0, 0.05) is 18.3 Å². The zero-order valence-electron chi connectivity index (χ0n) is 12.4. The van der Waals surface area contributed by atoms with E-state index < -0.39 is 17.4 Å². The number of aliphatic carboxylic acids is 1. The predicted octanol–water partition coefficient (Wildman–Crippen LogP) is 1.26. The van der Waals surface area contributed by atoms with Crippen LogP contribution in [0.1, 0.15) is 49.1 Å². The van der Waals surface area contributed by atoms with E-state index in [1.807, 2.05) is 20.9 Å². The van der Waals surface area contributed by atoms with Crippen molar-refractivity contribution in [2.45, 2.75) is 51.5 Å². The van der Waals surface area contributed by atoms with Gasteiger partial charge in [-0.05, 0) is 40.0 Å². The maximum atomic E-state index is 12.4. The van der Waals surface area contributed by atoms with Crippen LogP contribution in [0.25, 0.3) is 0 Å². The van der Waals surface area contributed by atoms with Gasteiger partial charge in [0.25, 0.3) is 0 Å². The molecule has 1 aliphatic carbocycles. The van der Waals surface area contributed by atoms with Gasteiger partial charge in [-0.15, -0.1) is 0 Å². The molecule has 1 aromatic rings. The summed E-state index contributed by atoms with van der Waals surface area (Å²) < 4.78 is 1.74. The van der Waals surface area contributed by atoms with Crippen molar-refractivity contribution in [1.82, 2.24) is 15.1 Å². The normalized spacial score (nSPS) is 18.2. The van der Waals surface area contributed by atoms with Crippen LogP contribution in [-0.4, -0.2) is 32.3 Å². The molecule has 1 fully saturated rings. The van der Waals surface area contributed by atoms with Gasteiger partial charge in [0.15, 0.2) is 0 Å². The molecule has 1 atom stereocenters. The number of hydrogen-bond acceptors (Lipinski definition) is 3. The molecular formula is C14H21N3O3. The first-order valence-electron chi connectivity index (χ1n) is 6.84. The van der Waals surface area contributed by atoms with Crippen molar-refractivity contribution in [3.8, 4) is 0 Å². The van der Waals surface area contributed by atoms with E-state index in [0.29, 0.717) is 12.8 Å². The second-order valence-corrected chi connectivity index (χ2v) is 5.66. The Kier molecular flexibility index (Phi) is 3.58. The second kappa shape index (κ2) is 4.92. The minimum atomic E-state index is -1.06.